The molecular weight excluding hydrogens is 611 g/mol. The molecule has 0 radical (unpaired) electrons. The van der Waals surface area contributed by atoms with Crippen molar-refractivity contribution in [1.82, 2.24) is 24.4 Å². The molecule has 1 aliphatic rings. The fourth-order valence-corrected chi connectivity index (χ4v) is 6.85. The van der Waals surface area contributed by atoms with Crippen LogP contribution in [0.2, 0.25) is 5.02 Å². The number of fused-ring (bicyclic) bond motifs is 1. The monoisotopic (exact) mass is 640 g/mol. The molecule has 0 aliphatic carbocycles. The van der Waals surface area contributed by atoms with E-state index in [1.54, 1.807) is 11.8 Å². The van der Waals surface area contributed by atoms with Crippen molar-refractivity contribution in [3.8, 4) is 22.7 Å². The van der Waals surface area contributed by atoms with E-state index >= 15 is 4.39 Å². The zero-order valence-electron chi connectivity index (χ0n) is 24.5. The molecule has 3 aromatic heterocycles. The fraction of sp³-hybridized carbons (Fsp3) is 0.300. The number of aromatic nitrogens is 4. The van der Waals surface area contributed by atoms with E-state index in [0.29, 0.717) is 19.6 Å². The van der Waals surface area contributed by atoms with E-state index in [2.05, 4.69) is 21.5 Å². The minimum atomic E-state index is -3.94. The van der Waals surface area contributed by atoms with E-state index < -0.39 is 32.3 Å². The van der Waals surface area contributed by atoms with Gasteiger partial charge in [-0.3, -0.25) is 9.78 Å². The van der Waals surface area contributed by atoms with Crippen LogP contribution in [0, 0.1) is 12.7 Å². The van der Waals surface area contributed by atoms with Crippen LogP contribution in [0.15, 0.2) is 58.9 Å². The number of pyridine rings is 2. The molecular formula is C30H30ClFN6O5S. The SMILES string of the molecule is C=CC(=O)N1CCN(c2nc(=O)n(-c3c(S(=O)(=O)C(C)C)ccnc3C)c3nc(-c4c(O)cccc4F)c(Cl)cc23)[C@@H](C)C1. The summed E-state index contributed by atoms with van der Waals surface area (Å²) in [6, 6.07) is 6.19. The third-order valence-corrected chi connectivity index (χ3v) is 10.1. The first-order valence-corrected chi connectivity index (χ1v) is 15.7. The number of aromatic hydroxyl groups is 1. The number of halogens is 2. The summed E-state index contributed by atoms with van der Waals surface area (Å²) in [5.74, 6) is -1.26. The number of piperazine rings is 1. The summed E-state index contributed by atoms with van der Waals surface area (Å²) in [5.41, 5.74) is -1.23. The Hall–Kier alpha value is -4.36. The largest absolute Gasteiger partial charge is 0.507 e. The van der Waals surface area contributed by atoms with Crippen LogP contribution in [0.5, 0.6) is 5.75 Å². The molecule has 1 N–H and O–H groups in total. The molecule has 44 heavy (non-hydrogen) atoms. The minimum Gasteiger partial charge on any atom is -0.507 e. The minimum absolute atomic E-state index is 0.0443. The highest BCUT2D eigenvalue weighted by molar-refractivity contribution is 7.92. The number of rotatable bonds is 6. The number of carbonyl (C=O) groups excluding carboxylic acids is 1. The van der Waals surface area contributed by atoms with Gasteiger partial charge in [-0.2, -0.15) is 4.98 Å². The van der Waals surface area contributed by atoms with Gasteiger partial charge in [0.05, 0.1) is 43.2 Å². The van der Waals surface area contributed by atoms with Gasteiger partial charge in [0.15, 0.2) is 15.5 Å². The number of nitrogens with zero attached hydrogens (tertiary/aromatic N) is 6. The van der Waals surface area contributed by atoms with E-state index in [4.69, 9.17) is 11.6 Å². The van der Waals surface area contributed by atoms with Crippen molar-refractivity contribution < 1.29 is 22.7 Å². The van der Waals surface area contributed by atoms with Crippen molar-refractivity contribution in [1.29, 1.82) is 0 Å². The zero-order chi connectivity index (χ0) is 32.1. The highest BCUT2D eigenvalue weighted by atomic mass is 35.5. The summed E-state index contributed by atoms with van der Waals surface area (Å²) < 4.78 is 43.1. The Morgan fingerprint density at radius 1 is 1.23 bits per heavy atom. The molecule has 1 aromatic carbocycles. The number of carbonyl (C=O) groups is 1. The first-order chi connectivity index (χ1) is 20.8. The number of hydrogen-bond acceptors (Lipinski definition) is 9. The molecule has 0 unspecified atom stereocenters. The first-order valence-electron chi connectivity index (χ1n) is 13.8. The van der Waals surface area contributed by atoms with Crippen molar-refractivity contribution in [3.63, 3.8) is 0 Å². The lowest BCUT2D eigenvalue weighted by Gasteiger charge is -2.40. The number of sulfone groups is 1. The van der Waals surface area contributed by atoms with Crippen LogP contribution in [-0.4, -0.2) is 74.8 Å². The summed E-state index contributed by atoms with van der Waals surface area (Å²) in [4.78, 5) is 42.9. The summed E-state index contributed by atoms with van der Waals surface area (Å²) in [7, 11) is -3.94. The summed E-state index contributed by atoms with van der Waals surface area (Å²) in [6.07, 6.45) is 2.57. The summed E-state index contributed by atoms with van der Waals surface area (Å²) >= 11 is 6.68. The Morgan fingerprint density at radius 3 is 2.59 bits per heavy atom. The molecule has 1 amide bonds. The molecule has 0 saturated carbocycles. The van der Waals surface area contributed by atoms with Crippen molar-refractivity contribution in [2.75, 3.05) is 24.5 Å². The Morgan fingerprint density at radius 2 is 1.95 bits per heavy atom. The number of amides is 1. The highest BCUT2D eigenvalue weighted by Crippen LogP contribution is 2.39. The van der Waals surface area contributed by atoms with Crippen molar-refractivity contribution >= 4 is 44.2 Å². The van der Waals surface area contributed by atoms with Crippen LogP contribution in [0.3, 0.4) is 0 Å². The standard InChI is InChI=1S/C30H30ClFN6O5S/c1-6-24(40)36-12-13-37(17(4)15-36)28-19-14-20(31)26(25-21(32)8-7-9-22(25)39)34-29(19)38(30(41)35-28)27-18(5)33-11-10-23(27)44(42,43)16(2)3/h6-11,14,16-17,39H,1,12-13,15H2,2-5H3/t17-/m0/s1. The maximum absolute atomic E-state index is 15.1. The molecule has 1 saturated heterocycles. The van der Waals surface area contributed by atoms with Gasteiger partial charge in [-0.15, -0.1) is 0 Å². The molecule has 11 nitrogen and oxygen atoms in total. The third-order valence-electron chi connectivity index (χ3n) is 7.64. The van der Waals surface area contributed by atoms with Gasteiger partial charge in [-0.25, -0.2) is 27.2 Å². The second-order valence-electron chi connectivity index (χ2n) is 10.7. The average Bonchev–Trinajstić information content (AvgIpc) is 2.97. The van der Waals surface area contributed by atoms with E-state index in [1.165, 1.54) is 50.4 Å². The molecule has 5 rings (SSSR count). The normalized spacial score (nSPS) is 15.7. The Bertz CT molecular complexity index is 1980. The van der Waals surface area contributed by atoms with E-state index in [9.17, 15) is 23.1 Å². The van der Waals surface area contributed by atoms with Crippen LogP contribution >= 0.6 is 11.6 Å². The molecule has 1 aliphatic heterocycles. The molecule has 0 bridgehead atoms. The number of phenols is 1. The number of hydrogen-bond donors (Lipinski definition) is 1. The predicted molar refractivity (Wildman–Crippen MR) is 166 cm³/mol. The number of benzene rings is 1. The van der Waals surface area contributed by atoms with Gasteiger partial charge in [0, 0.05) is 31.9 Å². The van der Waals surface area contributed by atoms with Crippen LogP contribution in [0.1, 0.15) is 26.5 Å². The molecule has 230 valence electrons. The van der Waals surface area contributed by atoms with Gasteiger partial charge in [0.25, 0.3) is 0 Å². The van der Waals surface area contributed by atoms with Crippen molar-refractivity contribution in [2.45, 2.75) is 43.9 Å². The Kier molecular flexibility index (Phi) is 8.21. The lowest BCUT2D eigenvalue weighted by atomic mass is 10.1. The van der Waals surface area contributed by atoms with Gasteiger partial charge in [0.1, 0.15) is 17.4 Å². The molecule has 1 fully saturated rings. The molecule has 1 atom stereocenters. The van der Waals surface area contributed by atoms with Crippen LogP contribution in [0.4, 0.5) is 10.2 Å². The molecule has 4 heterocycles. The quantitative estimate of drug-likeness (QED) is 0.309. The Balaban J connectivity index is 1.87. The fourth-order valence-electron chi connectivity index (χ4n) is 5.34. The lowest BCUT2D eigenvalue weighted by molar-refractivity contribution is -0.126. The van der Waals surface area contributed by atoms with E-state index in [-0.39, 0.29) is 61.4 Å². The second kappa shape index (κ2) is 11.6. The van der Waals surface area contributed by atoms with Gasteiger partial charge in [-0.1, -0.05) is 24.2 Å². The maximum Gasteiger partial charge on any atom is 0.355 e. The van der Waals surface area contributed by atoms with E-state index in [0.717, 1.165) is 10.6 Å². The summed E-state index contributed by atoms with van der Waals surface area (Å²) in [6.45, 7) is 10.9. The number of anilines is 1. The average molecular weight is 641 g/mol. The topological polar surface area (TPSA) is 139 Å². The smallest absolute Gasteiger partial charge is 0.355 e. The Labute approximate surface area is 258 Å². The third kappa shape index (κ3) is 5.19. The number of aryl methyl sites for hydroxylation is 1. The predicted octanol–water partition coefficient (Wildman–Crippen LogP) is 4.05. The van der Waals surface area contributed by atoms with Gasteiger partial charge in [-0.05, 0) is 58.0 Å². The first kappa shape index (κ1) is 31.1. The van der Waals surface area contributed by atoms with Crippen molar-refractivity contribution in [3.05, 3.63) is 76.2 Å². The lowest BCUT2D eigenvalue weighted by Crippen LogP contribution is -2.54. The van der Waals surface area contributed by atoms with Gasteiger partial charge >= 0.3 is 5.69 Å². The maximum atomic E-state index is 15.1. The molecule has 0 spiro atoms. The zero-order valence-corrected chi connectivity index (χ0v) is 26.0. The van der Waals surface area contributed by atoms with Gasteiger partial charge < -0.3 is 14.9 Å². The van der Waals surface area contributed by atoms with E-state index in [1.807, 2.05) is 11.8 Å². The van der Waals surface area contributed by atoms with Gasteiger partial charge in [0.2, 0.25) is 5.91 Å². The highest BCUT2D eigenvalue weighted by Gasteiger charge is 2.32. The molecule has 14 heteroatoms. The number of phenolic OH excluding ortho intramolecular Hbond substituents is 1. The van der Waals surface area contributed by atoms with Crippen LogP contribution < -0.4 is 10.6 Å². The van der Waals surface area contributed by atoms with Crippen molar-refractivity contribution in [2.24, 2.45) is 0 Å². The van der Waals surface area contributed by atoms with Crippen LogP contribution in [-0.2, 0) is 14.6 Å². The second-order valence-corrected chi connectivity index (χ2v) is 13.6. The van der Waals surface area contributed by atoms with Crippen LogP contribution in [0.25, 0.3) is 28.0 Å². The molecule has 4 aromatic rings. The summed E-state index contributed by atoms with van der Waals surface area (Å²) in [5, 5.41) is 9.95.